The summed E-state index contributed by atoms with van der Waals surface area (Å²) in [5.74, 6) is -2.45. The van der Waals surface area contributed by atoms with E-state index in [1.54, 1.807) is 24.3 Å². The predicted molar refractivity (Wildman–Crippen MR) is 65.3 cm³/mol. The van der Waals surface area contributed by atoms with Crippen LogP contribution < -0.4 is 56.5 Å². The van der Waals surface area contributed by atoms with Crippen LogP contribution in [0, 0.1) is 5.41 Å². The van der Waals surface area contributed by atoms with Gasteiger partial charge in [0.25, 0.3) is 5.91 Å². The van der Waals surface area contributed by atoms with E-state index >= 15 is 0 Å². The smallest absolute Gasteiger partial charge is 0.549 e. The minimum Gasteiger partial charge on any atom is -0.549 e. The summed E-state index contributed by atoms with van der Waals surface area (Å²) in [5.41, 5.74) is -1.10. The summed E-state index contributed by atoms with van der Waals surface area (Å²) in [7, 11) is 0. The Morgan fingerprint density at radius 3 is 2.37 bits per heavy atom. The number of aliphatic carboxylic acids is 1. The number of carbonyl (C=O) groups excluding carboxylic acids is 2. The van der Waals surface area contributed by atoms with Crippen LogP contribution in [0.15, 0.2) is 28.7 Å². The third-order valence-electron chi connectivity index (χ3n) is 2.56. The second kappa shape index (κ2) is 7.87. The maximum atomic E-state index is 11.8. The van der Waals surface area contributed by atoms with E-state index in [1.165, 1.54) is 13.8 Å². The van der Waals surface area contributed by atoms with Gasteiger partial charge in [0.15, 0.2) is 0 Å². The fourth-order valence-corrected chi connectivity index (χ4v) is 1.68. The van der Waals surface area contributed by atoms with Crippen molar-refractivity contribution in [3.8, 4) is 0 Å². The molecule has 1 amide bonds. The summed E-state index contributed by atoms with van der Waals surface area (Å²) >= 11 is 3.28. The first kappa shape index (κ1) is 19.2. The molecule has 0 aliphatic carbocycles. The van der Waals surface area contributed by atoms with Gasteiger partial charge in [0, 0.05) is 4.47 Å². The van der Waals surface area contributed by atoms with Gasteiger partial charge in [-0.05, 0) is 25.5 Å². The Morgan fingerprint density at radius 1 is 1.37 bits per heavy atom. The van der Waals surface area contributed by atoms with Gasteiger partial charge < -0.3 is 9.90 Å². The molecule has 0 aliphatic heterocycles. The van der Waals surface area contributed by atoms with Crippen molar-refractivity contribution in [2.24, 2.45) is 5.41 Å². The van der Waals surface area contributed by atoms with Crippen LogP contribution in [0.3, 0.4) is 0 Å². The molecule has 0 fully saturated rings. The van der Waals surface area contributed by atoms with Crippen molar-refractivity contribution in [3.63, 3.8) is 0 Å². The molecule has 0 aromatic heterocycles. The van der Waals surface area contributed by atoms with Crippen LogP contribution in [0.5, 0.6) is 0 Å². The SMILES string of the molecule is CC(C)(C(=O)[O-])C(=O)N(O)Cc1ccccc1Br.[K+]. The van der Waals surface area contributed by atoms with E-state index in [0.29, 0.717) is 10.6 Å². The van der Waals surface area contributed by atoms with Crippen molar-refractivity contribution >= 4 is 27.8 Å². The molecule has 0 unspecified atom stereocenters. The number of carboxylic acids is 1. The largest absolute Gasteiger partial charge is 1.00 e. The predicted octanol–water partition coefficient (Wildman–Crippen LogP) is -2.05. The zero-order chi connectivity index (χ0) is 13.9. The standard InChI is InChI=1S/C12H14BrNO4.K/c1-12(2,11(16)17)10(15)14(18)7-8-5-3-4-6-9(8)13;/h3-6,18H,7H2,1-2H3,(H,16,17);/q;+1/p-1. The van der Waals surface area contributed by atoms with E-state index in [1.807, 2.05) is 0 Å². The van der Waals surface area contributed by atoms with Crippen LogP contribution in [0.2, 0.25) is 0 Å². The summed E-state index contributed by atoms with van der Waals surface area (Å²) in [4.78, 5) is 22.6. The number of benzene rings is 1. The van der Waals surface area contributed by atoms with E-state index < -0.39 is 17.3 Å². The molecule has 0 aliphatic rings. The van der Waals surface area contributed by atoms with Crippen molar-refractivity contribution in [2.45, 2.75) is 20.4 Å². The van der Waals surface area contributed by atoms with Crippen LogP contribution in [0.25, 0.3) is 0 Å². The molecule has 7 heteroatoms. The first-order chi connectivity index (χ1) is 8.26. The third kappa shape index (κ3) is 4.93. The number of halogens is 1. The molecule has 0 spiro atoms. The fourth-order valence-electron chi connectivity index (χ4n) is 1.27. The van der Waals surface area contributed by atoms with Crippen LogP contribution in [0.4, 0.5) is 0 Å². The minimum atomic E-state index is -1.77. The molecule has 19 heavy (non-hydrogen) atoms. The molecule has 1 N–H and O–H groups in total. The number of carbonyl (C=O) groups is 2. The summed E-state index contributed by atoms with van der Waals surface area (Å²) in [6.45, 7) is 2.28. The summed E-state index contributed by atoms with van der Waals surface area (Å²) in [5, 5.41) is 20.8. The molecule has 0 bridgehead atoms. The van der Waals surface area contributed by atoms with Gasteiger partial charge in [0.2, 0.25) is 0 Å². The van der Waals surface area contributed by atoms with Gasteiger partial charge >= 0.3 is 51.4 Å². The normalized spacial score (nSPS) is 10.5. The summed E-state index contributed by atoms with van der Waals surface area (Å²) < 4.78 is 0.725. The number of hydroxylamine groups is 2. The second-order valence-electron chi connectivity index (χ2n) is 4.37. The molecule has 0 atom stereocenters. The van der Waals surface area contributed by atoms with E-state index in [9.17, 15) is 19.9 Å². The first-order valence-corrected chi connectivity index (χ1v) is 6.02. The monoisotopic (exact) mass is 353 g/mol. The molecule has 1 aromatic rings. The van der Waals surface area contributed by atoms with Crippen molar-refractivity contribution in [2.75, 3.05) is 0 Å². The van der Waals surface area contributed by atoms with Crippen molar-refractivity contribution < 1.29 is 71.3 Å². The summed E-state index contributed by atoms with van der Waals surface area (Å²) in [6.07, 6.45) is 0. The minimum absolute atomic E-state index is 0. The molecule has 98 valence electrons. The van der Waals surface area contributed by atoms with Gasteiger partial charge in [-0.3, -0.25) is 10.0 Å². The Hall–Kier alpha value is 0.236. The Kier molecular flexibility index (Phi) is 7.97. The van der Waals surface area contributed by atoms with Gasteiger partial charge in [-0.1, -0.05) is 34.1 Å². The molecule has 0 saturated heterocycles. The average molecular weight is 354 g/mol. The average Bonchev–Trinajstić information content (AvgIpc) is 2.30. The zero-order valence-corrected chi connectivity index (χ0v) is 15.7. The molecule has 1 rings (SSSR count). The fraction of sp³-hybridized carbons (Fsp3) is 0.333. The van der Waals surface area contributed by atoms with E-state index in [0.717, 1.165) is 4.47 Å². The maximum absolute atomic E-state index is 11.8. The number of hydrogen-bond acceptors (Lipinski definition) is 4. The number of rotatable bonds is 4. The summed E-state index contributed by atoms with van der Waals surface area (Å²) in [6, 6.07) is 7.02. The van der Waals surface area contributed by atoms with Gasteiger partial charge in [-0.15, -0.1) is 0 Å². The molecular formula is C12H13BrKNO4. The Labute approximate surface area is 162 Å². The van der Waals surface area contributed by atoms with Gasteiger partial charge in [-0.25, -0.2) is 5.06 Å². The van der Waals surface area contributed by atoms with Crippen molar-refractivity contribution in [1.82, 2.24) is 5.06 Å². The number of hydrogen-bond donors (Lipinski definition) is 1. The Morgan fingerprint density at radius 2 is 1.89 bits per heavy atom. The molecular weight excluding hydrogens is 341 g/mol. The van der Waals surface area contributed by atoms with Gasteiger partial charge in [0.05, 0.1) is 17.9 Å². The van der Waals surface area contributed by atoms with Crippen LogP contribution in [0.1, 0.15) is 19.4 Å². The molecule has 5 nitrogen and oxygen atoms in total. The van der Waals surface area contributed by atoms with E-state index in [4.69, 9.17) is 0 Å². The number of amides is 1. The topological polar surface area (TPSA) is 80.7 Å². The molecule has 1 aromatic carbocycles. The quantitative estimate of drug-likeness (QED) is 0.292. The van der Waals surface area contributed by atoms with Gasteiger partial charge in [-0.2, -0.15) is 0 Å². The zero-order valence-electron chi connectivity index (χ0n) is 11.0. The van der Waals surface area contributed by atoms with E-state index in [-0.39, 0.29) is 57.9 Å². The number of carboxylic acid groups (broad SMARTS) is 1. The van der Waals surface area contributed by atoms with Crippen molar-refractivity contribution in [1.29, 1.82) is 0 Å². The molecule has 0 saturated carbocycles. The van der Waals surface area contributed by atoms with E-state index in [2.05, 4.69) is 15.9 Å². The maximum Gasteiger partial charge on any atom is 1.00 e. The van der Waals surface area contributed by atoms with Crippen LogP contribution in [-0.2, 0) is 16.1 Å². The molecule has 0 radical (unpaired) electrons. The van der Waals surface area contributed by atoms with Crippen molar-refractivity contribution in [3.05, 3.63) is 34.3 Å². The van der Waals surface area contributed by atoms with Crippen LogP contribution >= 0.6 is 15.9 Å². The van der Waals surface area contributed by atoms with Gasteiger partial charge in [0.1, 0.15) is 0 Å². The van der Waals surface area contributed by atoms with Crippen LogP contribution in [-0.4, -0.2) is 22.1 Å². The number of nitrogens with zero attached hydrogens (tertiary/aromatic N) is 1. The Bertz CT molecular complexity index is 479. The molecule has 0 heterocycles. The Balaban J connectivity index is 0.00000324. The first-order valence-electron chi connectivity index (χ1n) is 5.22. The second-order valence-corrected chi connectivity index (χ2v) is 5.22. The third-order valence-corrected chi connectivity index (χ3v) is 3.33.